The zero-order valence-corrected chi connectivity index (χ0v) is 12.4. The van der Waals surface area contributed by atoms with E-state index < -0.39 is 10.0 Å². The Labute approximate surface area is 115 Å². The molecule has 19 heavy (non-hydrogen) atoms. The van der Waals surface area contributed by atoms with E-state index >= 15 is 0 Å². The van der Waals surface area contributed by atoms with Crippen LogP contribution in [0.5, 0.6) is 0 Å². The molecular weight excluding hydrogens is 260 g/mol. The molecule has 0 amide bonds. The first-order chi connectivity index (χ1) is 9.01. The van der Waals surface area contributed by atoms with Crippen LogP contribution in [0.4, 0.5) is 5.69 Å². The van der Waals surface area contributed by atoms with Gasteiger partial charge in [-0.05, 0) is 48.9 Å². The van der Waals surface area contributed by atoms with Crippen molar-refractivity contribution >= 4 is 15.7 Å². The van der Waals surface area contributed by atoms with Crippen LogP contribution in [0.25, 0.3) is 0 Å². The summed E-state index contributed by atoms with van der Waals surface area (Å²) in [4.78, 5) is 0.316. The summed E-state index contributed by atoms with van der Waals surface area (Å²) in [5.41, 5.74) is 1.46. The van der Waals surface area contributed by atoms with Gasteiger partial charge in [0.1, 0.15) is 0 Å². The van der Waals surface area contributed by atoms with Gasteiger partial charge >= 0.3 is 0 Å². The van der Waals surface area contributed by atoms with Crippen molar-refractivity contribution in [3.05, 3.63) is 24.3 Å². The summed E-state index contributed by atoms with van der Waals surface area (Å²) < 4.78 is 26.1. The number of hydrogen-bond acceptors (Lipinski definition) is 3. The molecule has 0 unspecified atom stereocenters. The van der Waals surface area contributed by atoms with Crippen LogP contribution in [0.2, 0.25) is 0 Å². The van der Waals surface area contributed by atoms with Crippen LogP contribution in [-0.2, 0) is 10.0 Å². The molecule has 0 aromatic heterocycles. The smallest absolute Gasteiger partial charge is 0.240 e. The molecule has 0 radical (unpaired) electrons. The summed E-state index contributed by atoms with van der Waals surface area (Å²) in [7, 11) is -3.34. The number of anilines is 1. The van der Waals surface area contributed by atoms with Crippen LogP contribution >= 0.6 is 0 Å². The fourth-order valence-corrected chi connectivity index (χ4v) is 3.19. The van der Waals surface area contributed by atoms with Crippen LogP contribution in [-0.4, -0.2) is 21.5 Å². The highest BCUT2D eigenvalue weighted by Crippen LogP contribution is 2.48. The third kappa shape index (κ3) is 3.48. The Balaban J connectivity index is 1.99. The predicted molar refractivity (Wildman–Crippen MR) is 77.8 cm³/mol. The Morgan fingerprint density at radius 3 is 2.26 bits per heavy atom. The molecular formula is C14H22N2O2S. The minimum absolute atomic E-state index is 0.316. The SMILES string of the molecule is CCNS(=O)(=O)c1ccc(NCC2(CC)CC2)cc1. The molecule has 5 heteroatoms. The fourth-order valence-electron chi connectivity index (χ4n) is 2.15. The molecule has 1 aliphatic carbocycles. The van der Waals surface area contributed by atoms with Gasteiger partial charge in [0.25, 0.3) is 0 Å². The van der Waals surface area contributed by atoms with Gasteiger partial charge in [-0.25, -0.2) is 13.1 Å². The van der Waals surface area contributed by atoms with Gasteiger partial charge in [-0.1, -0.05) is 13.8 Å². The summed E-state index contributed by atoms with van der Waals surface area (Å²) in [6.45, 7) is 5.37. The van der Waals surface area contributed by atoms with E-state index in [1.165, 1.54) is 19.3 Å². The molecule has 1 aromatic rings. The van der Waals surface area contributed by atoms with Crippen LogP contribution < -0.4 is 10.0 Å². The van der Waals surface area contributed by atoms with Crippen molar-refractivity contribution in [2.45, 2.75) is 38.0 Å². The highest BCUT2D eigenvalue weighted by atomic mass is 32.2. The predicted octanol–water partition coefficient (Wildman–Crippen LogP) is 2.59. The summed E-state index contributed by atoms with van der Waals surface area (Å²) in [5, 5.41) is 3.39. The third-order valence-electron chi connectivity index (χ3n) is 3.87. The molecule has 0 heterocycles. The lowest BCUT2D eigenvalue weighted by molar-refractivity contribution is 0.521. The zero-order valence-electron chi connectivity index (χ0n) is 11.6. The quantitative estimate of drug-likeness (QED) is 0.808. The third-order valence-corrected chi connectivity index (χ3v) is 5.44. The number of sulfonamides is 1. The summed E-state index contributed by atoms with van der Waals surface area (Å²) in [6, 6.07) is 6.95. The van der Waals surface area contributed by atoms with E-state index in [4.69, 9.17) is 0 Å². The van der Waals surface area contributed by atoms with Gasteiger partial charge in [0.05, 0.1) is 4.90 Å². The average molecular weight is 282 g/mol. The molecule has 0 atom stereocenters. The highest BCUT2D eigenvalue weighted by molar-refractivity contribution is 7.89. The molecule has 1 saturated carbocycles. The summed E-state index contributed by atoms with van der Waals surface area (Å²) >= 11 is 0. The zero-order chi connectivity index (χ0) is 13.9. The van der Waals surface area contributed by atoms with Crippen molar-refractivity contribution in [2.75, 3.05) is 18.4 Å². The maximum atomic E-state index is 11.8. The number of hydrogen-bond donors (Lipinski definition) is 2. The van der Waals surface area contributed by atoms with Gasteiger partial charge in [0, 0.05) is 18.8 Å². The van der Waals surface area contributed by atoms with E-state index in [0.29, 0.717) is 16.9 Å². The number of nitrogens with one attached hydrogen (secondary N) is 2. The lowest BCUT2D eigenvalue weighted by Crippen LogP contribution is -2.23. The van der Waals surface area contributed by atoms with Crippen molar-refractivity contribution in [3.8, 4) is 0 Å². The van der Waals surface area contributed by atoms with Crippen LogP contribution in [0, 0.1) is 5.41 Å². The van der Waals surface area contributed by atoms with Crippen LogP contribution in [0.1, 0.15) is 33.1 Å². The maximum absolute atomic E-state index is 11.8. The van der Waals surface area contributed by atoms with Gasteiger partial charge in [-0.3, -0.25) is 0 Å². The molecule has 0 aliphatic heterocycles. The van der Waals surface area contributed by atoms with Gasteiger partial charge in [-0.15, -0.1) is 0 Å². The molecule has 2 rings (SSSR count). The van der Waals surface area contributed by atoms with Crippen molar-refractivity contribution in [1.82, 2.24) is 4.72 Å². The molecule has 1 aromatic carbocycles. The van der Waals surface area contributed by atoms with Crippen molar-refractivity contribution in [3.63, 3.8) is 0 Å². The van der Waals surface area contributed by atoms with E-state index in [-0.39, 0.29) is 0 Å². The van der Waals surface area contributed by atoms with E-state index in [9.17, 15) is 8.42 Å². The van der Waals surface area contributed by atoms with Gasteiger partial charge in [-0.2, -0.15) is 0 Å². The second-order valence-electron chi connectivity index (χ2n) is 5.23. The molecule has 1 fully saturated rings. The number of benzene rings is 1. The minimum Gasteiger partial charge on any atom is -0.384 e. The van der Waals surface area contributed by atoms with Gasteiger partial charge in [0.2, 0.25) is 10.0 Å². The normalized spacial score (nSPS) is 17.2. The number of rotatable bonds is 7. The van der Waals surface area contributed by atoms with Crippen LogP contribution in [0.3, 0.4) is 0 Å². The first-order valence-electron chi connectivity index (χ1n) is 6.85. The van der Waals surface area contributed by atoms with E-state index in [2.05, 4.69) is 17.0 Å². The maximum Gasteiger partial charge on any atom is 0.240 e. The van der Waals surface area contributed by atoms with E-state index in [1.807, 2.05) is 12.1 Å². The van der Waals surface area contributed by atoms with Gasteiger partial charge in [0.15, 0.2) is 0 Å². The lowest BCUT2D eigenvalue weighted by Gasteiger charge is -2.14. The second kappa shape index (κ2) is 5.51. The van der Waals surface area contributed by atoms with Crippen molar-refractivity contribution in [2.24, 2.45) is 5.41 Å². The Hall–Kier alpha value is -1.07. The summed E-state index contributed by atoms with van der Waals surface area (Å²) in [5.74, 6) is 0. The Morgan fingerprint density at radius 2 is 1.79 bits per heavy atom. The van der Waals surface area contributed by atoms with Gasteiger partial charge < -0.3 is 5.32 Å². The monoisotopic (exact) mass is 282 g/mol. The Bertz CT molecular complexity index is 519. The summed E-state index contributed by atoms with van der Waals surface area (Å²) in [6.07, 6.45) is 3.79. The largest absolute Gasteiger partial charge is 0.384 e. The topological polar surface area (TPSA) is 58.2 Å². The molecule has 2 N–H and O–H groups in total. The lowest BCUT2D eigenvalue weighted by atomic mass is 10.0. The van der Waals surface area contributed by atoms with Crippen molar-refractivity contribution < 1.29 is 8.42 Å². The standard InChI is InChI=1S/C14H22N2O2S/c1-3-14(9-10-14)11-15-12-5-7-13(8-6-12)19(17,18)16-4-2/h5-8,15-16H,3-4,9-11H2,1-2H3. The first kappa shape index (κ1) is 14.3. The van der Waals surface area contributed by atoms with Crippen LogP contribution in [0.15, 0.2) is 29.2 Å². The molecule has 106 valence electrons. The molecule has 0 spiro atoms. The van der Waals surface area contributed by atoms with Crippen molar-refractivity contribution in [1.29, 1.82) is 0 Å². The first-order valence-corrected chi connectivity index (χ1v) is 8.33. The molecule has 0 bridgehead atoms. The highest BCUT2D eigenvalue weighted by Gasteiger charge is 2.40. The molecule has 1 aliphatic rings. The molecule has 0 saturated heterocycles. The minimum atomic E-state index is -3.34. The van der Waals surface area contributed by atoms with E-state index in [0.717, 1.165) is 12.2 Å². The Morgan fingerprint density at radius 1 is 1.16 bits per heavy atom. The second-order valence-corrected chi connectivity index (χ2v) is 7.00. The average Bonchev–Trinajstić information content (AvgIpc) is 3.17. The molecule has 4 nitrogen and oxygen atoms in total. The van der Waals surface area contributed by atoms with E-state index in [1.54, 1.807) is 19.1 Å². The fraction of sp³-hybridized carbons (Fsp3) is 0.571. The Kier molecular flexibility index (Phi) is 4.16.